The number of nitrogens with zero attached hydrogens (tertiary/aromatic N) is 2. The van der Waals surface area contributed by atoms with Gasteiger partial charge in [0.15, 0.2) is 5.69 Å². The molecule has 0 unspecified atom stereocenters. The smallest absolute Gasteiger partial charge is 0.433 e. The van der Waals surface area contributed by atoms with Crippen molar-refractivity contribution in [3.63, 3.8) is 0 Å². The molecule has 0 saturated heterocycles. The lowest BCUT2D eigenvalue weighted by Gasteiger charge is -2.10. The highest BCUT2D eigenvalue weighted by molar-refractivity contribution is 6.28. The average Bonchev–Trinajstić information content (AvgIpc) is 2.31. The van der Waals surface area contributed by atoms with Crippen molar-refractivity contribution in [2.24, 2.45) is 0 Å². The first-order chi connectivity index (χ1) is 9.25. The second-order valence-corrected chi connectivity index (χ2v) is 4.21. The van der Waals surface area contributed by atoms with Crippen LogP contribution in [0, 0.1) is 12.7 Å². The van der Waals surface area contributed by atoms with E-state index in [0.717, 1.165) is 6.07 Å². The molecule has 0 amide bonds. The highest BCUT2D eigenvalue weighted by Gasteiger charge is 2.34. The normalized spacial score (nSPS) is 11.5. The molecule has 0 spiro atoms. The summed E-state index contributed by atoms with van der Waals surface area (Å²) in [5.41, 5.74) is -0.805. The Kier molecular flexibility index (Phi) is 3.80. The SMILES string of the molecule is Cc1cc(F)ccc1Oc1cc(C(F)(F)F)nc(Cl)n1. The monoisotopic (exact) mass is 306 g/mol. The van der Waals surface area contributed by atoms with Gasteiger partial charge in [0.25, 0.3) is 0 Å². The molecular weight excluding hydrogens is 300 g/mol. The predicted octanol–water partition coefficient (Wildman–Crippen LogP) is 4.39. The highest BCUT2D eigenvalue weighted by atomic mass is 35.5. The van der Waals surface area contributed by atoms with Gasteiger partial charge in [-0.1, -0.05) is 0 Å². The molecule has 0 atom stereocenters. The van der Waals surface area contributed by atoms with Gasteiger partial charge in [0.2, 0.25) is 11.2 Å². The molecule has 0 radical (unpaired) electrons. The zero-order chi connectivity index (χ0) is 14.9. The first-order valence-electron chi connectivity index (χ1n) is 5.31. The van der Waals surface area contributed by atoms with E-state index in [4.69, 9.17) is 16.3 Å². The average molecular weight is 307 g/mol. The van der Waals surface area contributed by atoms with Crippen LogP contribution < -0.4 is 4.74 Å². The Morgan fingerprint density at radius 1 is 1.15 bits per heavy atom. The molecular formula is C12H7ClF4N2O. The Labute approximate surface area is 116 Å². The van der Waals surface area contributed by atoms with Crippen LogP contribution in [0.5, 0.6) is 11.6 Å². The third-order valence-corrected chi connectivity index (χ3v) is 2.49. The van der Waals surface area contributed by atoms with E-state index in [9.17, 15) is 17.6 Å². The van der Waals surface area contributed by atoms with E-state index in [1.54, 1.807) is 6.92 Å². The number of rotatable bonds is 2. The van der Waals surface area contributed by atoms with Crippen molar-refractivity contribution in [3.8, 4) is 11.6 Å². The fourth-order valence-corrected chi connectivity index (χ4v) is 1.61. The second kappa shape index (κ2) is 5.24. The summed E-state index contributed by atoms with van der Waals surface area (Å²) >= 11 is 5.43. The van der Waals surface area contributed by atoms with E-state index in [0.29, 0.717) is 11.6 Å². The zero-order valence-electron chi connectivity index (χ0n) is 10.0. The lowest BCUT2D eigenvalue weighted by molar-refractivity contribution is -0.141. The molecule has 0 bridgehead atoms. The topological polar surface area (TPSA) is 35.0 Å². The maximum Gasteiger partial charge on any atom is 0.433 e. The van der Waals surface area contributed by atoms with Crippen LogP contribution in [0.25, 0.3) is 0 Å². The third kappa shape index (κ3) is 3.36. The predicted molar refractivity (Wildman–Crippen MR) is 63.3 cm³/mol. The number of aromatic nitrogens is 2. The van der Waals surface area contributed by atoms with Gasteiger partial charge in [-0.05, 0) is 42.3 Å². The van der Waals surface area contributed by atoms with Crippen molar-refractivity contribution in [1.29, 1.82) is 0 Å². The Bertz CT molecular complexity index is 646. The van der Waals surface area contributed by atoms with E-state index < -0.39 is 23.0 Å². The van der Waals surface area contributed by atoms with Crippen LogP contribution in [0.1, 0.15) is 11.3 Å². The Balaban J connectivity index is 2.36. The summed E-state index contributed by atoms with van der Waals surface area (Å²) < 4.78 is 55.8. The minimum absolute atomic E-state index is 0.175. The van der Waals surface area contributed by atoms with E-state index in [2.05, 4.69) is 9.97 Å². The Morgan fingerprint density at radius 3 is 2.45 bits per heavy atom. The van der Waals surface area contributed by atoms with Crippen molar-refractivity contribution < 1.29 is 22.3 Å². The third-order valence-electron chi connectivity index (χ3n) is 2.32. The number of aryl methyl sites for hydroxylation is 1. The molecule has 106 valence electrons. The van der Waals surface area contributed by atoms with E-state index in [-0.39, 0.29) is 11.6 Å². The number of hydrogen-bond donors (Lipinski definition) is 0. The van der Waals surface area contributed by atoms with Crippen LogP contribution >= 0.6 is 11.6 Å². The van der Waals surface area contributed by atoms with Crippen LogP contribution in [-0.4, -0.2) is 9.97 Å². The van der Waals surface area contributed by atoms with Gasteiger partial charge < -0.3 is 4.74 Å². The van der Waals surface area contributed by atoms with Crippen molar-refractivity contribution in [1.82, 2.24) is 9.97 Å². The molecule has 1 heterocycles. The standard InChI is InChI=1S/C12H7ClF4N2O/c1-6-4-7(14)2-3-8(6)20-10-5-9(12(15,16)17)18-11(13)19-10/h2-5H,1H3. The van der Waals surface area contributed by atoms with Gasteiger partial charge in [-0.2, -0.15) is 18.2 Å². The lowest BCUT2D eigenvalue weighted by atomic mass is 10.2. The van der Waals surface area contributed by atoms with Crippen molar-refractivity contribution in [2.75, 3.05) is 0 Å². The van der Waals surface area contributed by atoms with Gasteiger partial charge in [0.05, 0.1) is 0 Å². The van der Waals surface area contributed by atoms with Gasteiger partial charge >= 0.3 is 6.18 Å². The van der Waals surface area contributed by atoms with Crippen LogP contribution in [-0.2, 0) is 6.18 Å². The lowest BCUT2D eigenvalue weighted by Crippen LogP contribution is -2.09. The van der Waals surface area contributed by atoms with Crippen LogP contribution in [0.15, 0.2) is 24.3 Å². The minimum atomic E-state index is -4.66. The molecule has 0 N–H and O–H groups in total. The molecule has 20 heavy (non-hydrogen) atoms. The maximum atomic E-state index is 12.9. The van der Waals surface area contributed by atoms with Gasteiger partial charge in [-0.25, -0.2) is 9.37 Å². The molecule has 0 fully saturated rings. The number of alkyl halides is 3. The zero-order valence-corrected chi connectivity index (χ0v) is 10.8. The molecule has 8 heteroatoms. The first kappa shape index (κ1) is 14.5. The Hall–Kier alpha value is -1.89. The van der Waals surface area contributed by atoms with Crippen molar-refractivity contribution in [3.05, 3.63) is 46.6 Å². The molecule has 1 aromatic heterocycles. The maximum absolute atomic E-state index is 12.9. The van der Waals surface area contributed by atoms with Gasteiger partial charge in [-0.15, -0.1) is 0 Å². The number of ether oxygens (including phenoxy) is 1. The largest absolute Gasteiger partial charge is 0.439 e. The summed E-state index contributed by atoms with van der Waals surface area (Å²) in [4.78, 5) is 6.62. The second-order valence-electron chi connectivity index (χ2n) is 3.87. The molecule has 0 aliphatic heterocycles. The van der Waals surface area contributed by atoms with E-state index >= 15 is 0 Å². The summed E-state index contributed by atoms with van der Waals surface area (Å²) in [6.45, 7) is 1.55. The minimum Gasteiger partial charge on any atom is -0.439 e. The Morgan fingerprint density at radius 2 is 1.85 bits per heavy atom. The quantitative estimate of drug-likeness (QED) is 0.610. The fourth-order valence-electron chi connectivity index (χ4n) is 1.43. The molecule has 2 rings (SSSR count). The molecule has 1 aromatic carbocycles. The van der Waals surface area contributed by atoms with Crippen LogP contribution in [0.3, 0.4) is 0 Å². The van der Waals surface area contributed by atoms with Gasteiger partial charge in [-0.3, -0.25) is 0 Å². The molecule has 0 saturated carbocycles. The van der Waals surface area contributed by atoms with Crippen molar-refractivity contribution in [2.45, 2.75) is 13.1 Å². The summed E-state index contributed by atoms with van der Waals surface area (Å²) in [6, 6.07) is 4.21. The van der Waals surface area contributed by atoms with E-state index in [1.807, 2.05) is 0 Å². The molecule has 2 aromatic rings. The summed E-state index contributed by atoms with van der Waals surface area (Å²) in [5.74, 6) is -0.673. The van der Waals surface area contributed by atoms with Crippen LogP contribution in [0.4, 0.5) is 17.6 Å². The molecule has 3 nitrogen and oxygen atoms in total. The summed E-state index contributed by atoms with van der Waals surface area (Å²) in [7, 11) is 0. The highest BCUT2D eigenvalue weighted by Crippen LogP contribution is 2.32. The summed E-state index contributed by atoms with van der Waals surface area (Å²) in [6.07, 6.45) is -4.66. The number of hydrogen-bond acceptors (Lipinski definition) is 3. The van der Waals surface area contributed by atoms with Gasteiger partial charge in [0, 0.05) is 6.07 Å². The number of halogens is 5. The first-order valence-corrected chi connectivity index (χ1v) is 5.69. The molecule has 0 aliphatic carbocycles. The molecule has 0 aliphatic rings. The number of benzene rings is 1. The van der Waals surface area contributed by atoms with E-state index in [1.165, 1.54) is 12.1 Å². The fraction of sp³-hybridized carbons (Fsp3) is 0.167. The summed E-state index contributed by atoms with van der Waals surface area (Å²) in [5, 5.41) is -0.588. The van der Waals surface area contributed by atoms with Gasteiger partial charge in [0.1, 0.15) is 11.6 Å². The van der Waals surface area contributed by atoms with Crippen molar-refractivity contribution >= 4 is 11.6 Å². The van der Waals surface area contributed by atoms with Crippen LogP contribution in [0.2, 0.25) is 5.28 Å².